The third kappa shape index (κ3) is 0.742. The highest BCUT2D eigenvalue weighted by atomic mass is 15.7. The SMILES string of the molecule is CC1[N+]N(C)N=C1N. The van der Waals surface area contributed by atoms with Gasteiger partial charge in [-0.3, -0.25) is 0 Å². The lowest BCUT2D eigenvalue weighted by atomic mass is 10.3. The van der Waals surface area contributed by atoms with Crippen molar-refractivity contribution in [2.24, 2.45) is 10.8 Å². The average molecular weight is 113 g/mol. The normalized spacial score (nSPS) is 28.5. The summed E-state index contributed by atoms with van der Waals surface area (Å²) in [5.74, 6) is 0.590. The maximum atomic E-state index is 5.38. The molecule has 2 N–H and O–H groups in total. The Hall–Kier alpha value is -0.770. The molecule has 8 heavy (non-hydrogen) atoms. The van der Waals surface area contributed by atoms with Crippen LogP contribution in [0.3, 0.4) is 0 Å². The van der Waals surface area contributed by atoms with Gasteiger partial charge in [0, 0.05) is 6.92 Å². The minimum Gasteiger partial charge on any atom is -0.380 e. The Morgan fingerprint density at radius 1 is 1.88 bits per heavy atom. The van der Waals surface area contributed by atoms with Gasteiger partial charge in [-0.15, -0.1) is 0 Å². The zero-order valence-corrected chi connectivity index (χ0v) is 5.00. The highest BCUT2D eigenvalue weighted by molar-refractivity contribution is 5.86. The van der Waals surface area contributed by atoms with Crippen molar-refractivity contribution < 1.29 is 0 Å². The van der Waals surface area contributed by atoms with Crippen LogP contribution in [0.5, 0.6) is 0 Å². The van der Waals surface area contributed by atoms with Crippen LogP contribution in [0.15, 0.2) is 5.10 Å². The van der Waals surface area contributed by atoms with Gasteiger partial charge in [0.2, 0.25) is 5.43 Å². The van der Waals surface area contributed by atoms with Gasteiger partial charge in [-0.25, -0.2) is 0 Å². The molecule has 1 aliphatic heterocycles. The molecule has 0 aromatic rings. The molecule has 0 amide bonds. The first-order valence-corrected chi connectivity index (χ1v) is 2.48. The van der Waals surface area contributed by atoms with Crippen molar-refractivity contribution in [2.75, 3.05) is 7.05 Å². The zero-order valence-electron chi connectivity index (χ0n) is 5.00. The van der Waals surface area contributed by atoms with Gasteiger partial charge in [-0.1, -0.05) is 5.10 Å². The molecule has 4 heteroatoms. The molecule has 0 aromatic heterocycles. The molecule has 1 atom stereocenters. The summed E-state index contributed by atoms with van der Waals surface area (Å²) in [6, 6.07) is 0.0694. The fourth-order valence-electron chi connectivity index (χ4n) is 0.586. The molecule has 0 fully saturated rings. The average Bonchev–Trinajstić information content (AvgIpc) is 1.85. The highest BCUT2D eigenvalue weighted by Gasteiger charge is 2.32. The van der Waals surface area contributed by atoms with Crippen LogP contribution in [0.1, 0.15) is 6.92 Å². The molecular formula is C4H9N4+. The van der Waals surface area contributed by atoms with Crippen molar-refractivity contribution in [1.29, 1.82) is 0 Å². The number of hydrogen-bond acceptors (Lipinski definition) is 3. The monoisotopic (exact) mass is 113 g/mol. The van der Waals surface area contributed by atoms with Crippen molar-refractivity contribution >= 4 is 5.84 Å². The first-order valence-electron chi connectivity index (χ1n) is 2.48. The van der Waals surface area contributed by atoms with Crippen LogP contribution >= 0.6 is 0 Å². The molecule has 0 spiro atoms. The predicted octanol–water partition coefficient (Wildman–Crippen LogP) is -0.888. The van der Waals surface area contributed by atoms with E-state index in [1.165, 1.54) is 5.12 Å². The molecule has 1 rings (SSSR count). The summed E-state index contributed by atoms with van der Waals surface area (Å²) in [4.78, 5) is 0. The molecule has 2 radical (unpaired) electrons. The number of hydrazone groups is 1. The minimum absolute atomic E-state index is 0.0694. The zero-order chi connectivity index (χ0) is 6.15. The molecule has 0 saturated carbocycles. The number of rotatable bonds is 0. The largest absolute Gasteiger partial charge is 0.380 e. The van der Waals surface area contributed by atoms with Crippen LogP contribution < -0.4 is 11.2 Å². The lowest BCUT2D eigenvalue weighted by molar-refractivity contribution is 0.257. The van der Waals surface area contributed by atoms with Crippen LogP contribution in [0, 0.1) is 0 Å². The molecule has 0 aromatic carbocycles. The highest BCUT2D eigenvalue weighted by Crippen LogP contribution is 1.96. The number of nitrogens with two attached hydrogens (primary N) is 1. The molecule has 1 aliphatic rings. The smallest absolute Gasteiger partial charge is 0.286 e. The maximum Gasteiger partial charge on any atom is 0.286 e. The van der Waals surface area contributed by atoms with Crippen LogP contribution in [-0.4, -0.2) is 24.0 Å². The number of amidine groups is 1. The van der Waals surface area contributed by atoms with Gasteiger partial charge in [0.15, 0.2) is 5.84 Å². The van der Waals surface area contributed by atoms with E-state index >= 15 is 0 Å². The summed E-state index contributed by atoms with van der Waals surface area (Å²) in [7, 11) is 1.76. The lowest BCUT2D eigenvalue weighted by Gasteiger charge is -1.83. The summed E-state index contributed by atoms with van der Waals surface area (Å²) in [6.07, 6.45) is 0. The van der Waals surface area contributed by atoms with Gasteiger partial charge in [-0.05, 0) is 5.12 Å². The fraction of sp³-hybridized carbons (Fsp3) is 0.750. The second-order valence-corrected chi connectivity index (χ2v) is 1.81. The molecule has 1 unspecified atom stereocenters. The topological polar surface area (TPSA) is 55.7 Å². The Morgan fingerprint density at radius 2 is 2.50 bits per heavy atom. The standard InChI is InChI=1S/C4H9N4/c1-3-4(5)7-8(2)6-3/h3H,1-2H3,(H2,5,7)/q+1. The Labute approximate surface area is 48.3 Å². The fourth-order valence-corrected chi connectivity index (χ4v) is 0.586. The molecule has 4 nitrogen and oxygen atoms in total. The number of hydrogen-bond donors (Lipinski definition) is 1. The molecule has 0 aliphatic carbocycles. The summed E-state index contributed by atoms with van der Waals surface area (Å²) < 4.78 is 0. The van der Waals surface area contributed by atoms with Crippen LogP contribution in [-0.2, 0) is 0 Å². The Kier molecular flexibility index (Phi) is 1.09. The van der Waals surface area contributed by atoms with Crippen molar-refractivity contribution in [2.45, 2.75) is 13.0 Å². The molecule has 0 bridgehead atoms. The molecule has 44 valence electrons. The van der Waals surface area contributed by atoms with Crippen molar-refractivity contribution in [1.82, 2.24) is 10.5 Å². The Bertz CT molecular complexity index is 119. The van der Waals surface area contributed by atoms with E-state index in [1.807, 2.05) is 6.92 Å². The van der Waals surface area contributed by atoms with Crippen LogP contribution in [0.2, 0.25) is 0 Å². The van der Waals surface area contributed by atoms with E-state index in [4.69, 9.17) is 5.73 Å². The van der Waals surface area contributed by atoms with E-state index < -0.39 is 0 Å². The maximum absolute atomic E-state index is 5.38. The predicted molar refractivity (Wildman–Crippen MR) is 31.0 cm³/mol. The van der Waals surface area contributed by atoms with Crippen LogP contribution in [0.25, 0.3) is 0 Å². The molecular weight excluding hydrogens is 104 g/mol. The lowest BCUT2D eigenvalue weighted by Crippen LogP contribution is -2.29. The van der Waals surface area contributed by atoms with Crippen molar-refractivity contribution in [3.63, 3.8) is 0 Å². The van der Waals surface area contributed by atoms with E-state index in [0.717, 1.165) is 0 Å². The minimum atomic E-state index is 0.0694. The first-order chi connectivity index (χ1) is 3.70. The van der Waals surface area contributed by atoms with Crippen molar-refractivity contribution in [3.05, 3.63) is 0 Å². The second kappa shape index (κ2) is 1.63. The van der Waals surface area contributed by atoms with E-state index in [1.54, 1.807) is 7.05 Å². The van der Waals surface area contributed by atoms with Gasteiger partial charge < -0.3 is 5.73 Å². The Morgan fingerprint density at radius 3 is 2.62 bits per heavy atom. The van der Waals surface area contributed by atoms with Crippen molar-refractivity contribution in [3.8, 4) is 0 Å². The third-order valence-corrected chi connectivity index (χ3v) is 1.03. The van der Waals surface area contributed by atoms with E-state index in [2.05, 4.69) is 10.5 Å². The van der Waals surface area contributed by atoms with Gasteiger partial charge in [-0.2, -0.15) is 0 Å². The molecule has 1 heterocycles. The van der Waals surface area contributed by atoms with E-state index in [-0.39, 0.29) is 6.04 Å². The first kappa shape index (κ1) is 5.37. The van der Waals surface area contributed by atoms with Gasteiger partial charge in [0.1, 0.15) is 0 Å². The summed E-state index contributed by atoms with van der Waals surface area (Å²) in [5, 5.41) is 5.32. The molecule has 0 saturated heterocycles. The quantitative estimate of drug-likeness (QED) is 0.443. The van der Waals surface area contributed by atoms with Crippen LogP contribution in [0.4, 0.5) is 0 Å². The van der Waals surface area contributed by atoms with E-state index in [9.17, 15) is 0 Å². The van der Waals surface area contributed by atoms with Gasteiger partial charge in [0.05, 0.1) is 7.05 Å². The number of nitrogens with zero attached hydrogens (tertiary/aromatic N) is 3. The summed E-state index contributed by atoms with van der Waals surface area (Å²) >= 11 is 0. The Balaban J connectivity index is 2.59. The summed E-state index contributed by atoms with van der Waals surface area (Å²) in [5.41, 5.74) is 9.36. The van der Waals surface area contributed by atoms with Gasteiger partial charge in [0.25, 0.3) is 6.04 Å². The summed E-state index contributed by atoms with van der Waals surface area (Å²) in [6.45, 7) is 1.91. The second-order valence-electron chi connectivity index (χ2n) is 1.81. The third-order valence-electron chi connectivity index (χ3n) is 1.03. The van der Waals surface area contributed by atoms with Gasteiger partial charge >= 0.3 is 0 Å². The van der Waals surface area contributed by atoms with E-state index in [0.29, 0.717) is 5.84 Å².